The van der Waals surface area contributed by atoms with Crippen molar-refractivity contribution in [1.29, 1.82) is 0 Å². The third-order valence-corrected chi connectivity index (χ3v) is 6.42. The molecule has 0 spiro atoms. The van der Waals surface area contributed by atoms with Crippen molar-refractivity contribution < 1.29 is 13.9 Å². The molecule has 1 saturated heterocycles. The SMILES string of the molecule is COc1cc([C@H]2CN(c3cc4nc(C)n(C)c(=O)c4c(-c4ccc(Cl)cc4F)n3)CCO2)ccn1. The fourth-order valence-corrected chi connectivity index (χ4v) is 4.37. The lowest BCUT2D eigenvalue weighted by Gasteiger charge is -2.34. The molecule has 5 rings (SSSR count). The van der Waals surface area contributed by atoms with Crippen LogP contribution in [0.25, 0.3) is 22.2 Å². The van der Waals surface area contributed by atoms with E-state index in [0.29, 0.717) is 42.7 Å². The second kappa shape index (κ2) is 9.24. The lowest BCUT2D eigenvalue weighted by atomic mass is 10.1. The number of halogens is 2. The summed E-state index contributed by atoms with van der Waals surface area (Å²) >= 11 is 5.97. The number of aromatic nitrogens is 4. The smallest absolute Gasteiger partial charge is 0.263 e. The Morgan fingerprint density at radius 3 is 2.80 bits per heavy atom. The van der Waals surface area contributed by atoms with Gasteiger partial charge in [-0.3, -0.25) is 9.36 Å². The largest absolute Gasteiger partial charge is 0.481 e. The van der Waals surface area contributed by atoms with E-state index in [4.69, 9.17) is 26.1 Å². The molecule has 1 aliphatic rings. The number of pyridine rings is 2. The summed E-state index contributed by atoms with van der Waals surface area (Å²) in [5.41, 5.74) is 1.50. The first-order chi connectivity index (χ1) is 16.9. The number of benzene rings is 1. The second-order valence-electron chi connectivity index (χ2n) is 8.31. The number of morpholine rings is 1. The van der Waals surface area contributed by atoms with Gasteiger partial charge in [-0.1, -0.05) is 11.6 Å². The minimum atomic E-state index is -0.560. The van der Waals surface area contributed by atoms with Crippen LogP contribution in [0.15, 0.2) is 47.4 Å². The van der Waals surface area contributed by atoms with Crippen LogP contribution in [-0.2, 0) is 11.8 Å². The van der Waals surface area contributed by atoms with Gasteiger partial charge in [-0.05, 0) is 36.8 Å². The number of rotatable bonds is 4. The average Bonchev–Trinajstić information content (AvgIpc) is 2.87. The Bertz CT molecular complexity index is 1490. The molecule has 0 amide bonds. The molecule has 0 saturated carbocycles. The molecule has 4 aromatic rings. The predicted octanol–water partition coefficient (Wildman–Crippen LogP) is 4.08. The van der Waals surface area contributed by atoms with Crippen LogP contribution in [-0.4, -0.2) is 46.3 Å². The van der Waals surface area contributed by atoms with Gasteiger partial charge < -0.3 is 14.4 Å². The number of nitrogens with zero attached hydrogens (tertiary/aromatic N) is 5. The molecule has 0 bridgehead atoms. The van der Waals surface area contributed by atoms with Gasteiger partial charge >= 0.3 is 0 Å². The summed E-state index contributed by atoms with van der Waals surface area (Å²) in [6.07, 6.45) is 1.43. The van der Waals surface area contributed by atoms with Gasteiger partial charge in [0.2, 0.25) is 5.88 Å². The molecule has 10 heteroatoms. The number of anilines is 1. The maximum Gasteiger partial charge on any atom is 0.263 e. The molecule has 4 heterocycles. The number of hydrogen-bond acceptors (Lipinski definition) is 7. The quantitative estimate of drug-likeness (QED) is 0.422. The number of ether oxygens (including phenoxy) is 2. The molecule has 0 N–H and O–H groups in total. The zero-order valence-electron chi connectivity index (χ0n) is 19.5. The Morgan fingerprint density at radius 2 is 2.03 bits per heavy atom. The first-order valence-electron chi connectivity index (χ1n) is 11.1. The van der Waals surface area contributed by atoms with Crippen LogP contribution in [0.5, 0.6) is 5.88 Å². The van der Waals surface area contributed by atoms with E-state index in [1.165, 1.54) is 16.7 Å². The first-order valence-corrected chi connectivity index (χ1v) is 11.4. The molecule has 1 aromatic carbocycles. The standard InChI is InChI=1S/C25H23ClFN5O3/c1-14-29-19-12-21(32-8-9-35-20(13-32)15-6-7-28-22(10-15)34-3)30-24(23(19)25(33)31(14)2)17-5-4-16(26)11-18(17)27/h4-7,10-12,20H,8-9,13H2,1-3H3/t20-/m1/s1. The minimum absolute atomic E-state index is 0.188. The molecular formula is C25H23ClFN5O3. The van der Waals surface area contributed by atoms with Gasteiger partial charge in [-0.15, -0.1) is 0 Å². The Hall–Kier alpha value is -3.56. The number of fused-ring (bicyclic) bond motifs is 1. The van der Waals surface area contributed by atoms with Gasteiger partial charge in [0.15, 0.2) is 0 Å². The fourth-order valence-electron chi connectivity index (χ4n) is 4.22. The van der Waals surface area contributed by atoms with Crippen LogP contribution in [0.4, 0.5) is 10.2 Å². The van der Waals surface area contributed by atoms with E-state index in [1.54, 1.807) is 39.4 Å². The highest BCUT2D eigenvalue weighted by atomic mass is 35.5. The van der Waals surface area contributed by atoms with E-state index in [1.807, 2.05) is 17.0 Å². The van der Waals surface area contributed by atoms with Crippen molar-refractivity contribution in [2.75, 3.05) is 31.7 Å². The van der Waals surface area contributed by atoms with Gasteiger partial charge in [0, 0.05) is 49.1 Å². The summed E-state index contributed by atoms with van der Waals surface area (Å²) in [7, 11) is 3.20. The van der Waals surface area contributed by atoms with Gasteiger partial charge in [0.1, 0.15) is 23.6 Å². The summed E-state index contributed by atoms with van der Waals surface area (Å²) in [6.45, 7) is 3.29. The van der Waals surface area contributed by atoms with Crippen molar-refractivity contribution in [2.24, 2.45) is 7.05 Å². The van der Waals surface area contributed by atoms with Crippen molar-refractivity contribution in [2.45, 2.75) is 13.0 Å². The Morgan fingerprint density at radius 1 is 1.20 bits per heavy atom. The maximum absolute atomic E-state index is 15.0. The number of hydrogen-bond donors (Lipinski definition) is 0. The van der Waals surface area contributed by atoms with Gasteiger partial charge in [-0.2, -0.15) is 0 Å². The summed E-state index contributed by atoms with van der Waals surface area (Å²) < 4.78 is 27.7. The third-order valence-electron chi connectivity index (χ3n) is 6.19. The first kappa shape index (κ1) is 23.2. The minimum Gasteiger partial charge on any atom is -0.481 e. The molecule has 180 valence electrons. The number of aryl methyl sites for hydroxylation is 1. The van der Waals surface area contributed by atoms with E-state index >= 15 is 0 Å². The third kappa shape index (κ3) is 4.33. The lowest BCUT2D eigenvalue weighted by Crippen LogP contribution is -2.39. The van der Waals surface area contributed by atoms with Crippen molar-refractivity contribution in [1.82, 2.24) is 19.5 Å². The van der Waals surface area contributed by atoms with Gasteiger partial charge in [-0.25, -0.2) is 19.3 Å². The Labute approximate surface area is 205 Å². The molecule has 0 radical (unpaired) electrons. The number of methoxy groups -OCH3 is 1. The van der Waals surface area contributed by atoms with Crippen LogP contribution < -0.4 is 15.2 Å². The zero-order valence-corrected chi connectivity index (χ0v) is 20.2. The van der Waals surface area contributed by atoms with E-state index in [-0.39, 0.29) is 33.3 Å². The fraction of sp³-hybridized carbons (Fsp3) is 0.280. The molecule has 0 aliphatic carbocycles. The summed E-state index contributed by atoms with van der Waals surface area (Å²) in [4.78, 5) is 28.8. The highest BCUT2D eigenvalue weighted by Gasteiger charge is 2.26. The molecule has 1 atom stereocenters. The zero-order chi connectivity index (χ0) is 24.7. The van der Waals surface area contributed by atoms with Crippen LogP contribution in [0.2, 0.25) is 5.02 Å². The van der Waals surface area contributed by atoms with E-state index in [0.717, 1.165) is 5.56 Å². The van der Waals surface area contributed by atoms with E-state index in [2.05, 4.69) is 9.97 Å². The Balaban J connectivity index is 1.64. The average molecular weight is 496 g/mol. The van der Waals surface area contributed by atoms with Crippen LogP contribution in [0.3, 0.4) is 0 Å². The predicted molar refractivity (Wildman–Crippen MR) is 132 cm³/mol. The molecule has 8 nitrogen and oxygen atoms in total. The molecule has 0 unspecified atom stereocenters. The van der Waals surface area contributed by atoms with Crippen LogP contribution in [0, 0.1) is 12.7 Å². The van der Waals surface area contributed by atoms with Crippen LogP contribution >= 0.6 is 11.6 Å². The highest BCUT2D eigenvalue weighted by Crippen LogP contribution is 2.33. The highest BCUT2D eigenvalue weighted by molar-refractivity contribution is 6.30. The molecule has 1 aliphatic heterocycles. The van der Waals surface area contributed by atoms with Crippen molar-refractivity contribution in [3.63, 3.8) is 0 Å². The summed E-state index contributed by atoms with van der Waals surface area (Å²) in [5.74, 6) is 1.07. The van der Waals surface area contributed by atoms with Crippen molar-refractivity contribution in [3.05, 3.63) is 75.2 Å². The normalized spacial score (nSPS) is 16.0. The molecule has 3 aromatic heterocycles. The Kier molecular flexibility index (Phi) is 6.12. The summed E-state index contributed by atoms with van der Waals surface area (Å²) in [6, 6.07) is 9.82. The van der Waals surface area contributed by atoms with Crippen LogP contribution in [0.1, 0.15) is 17.5 Å². The molecular weight excluding hydrogens is 473 g/mol. The van der Waals surface area contributed by atoms with E-state index in [9.17, 15) is 9.18 Å². The van der Waals surface area contributed by atoms with Gasteiger partial charge in [0.25, 0.3) is 5.56 Å². The van der Waals surface area contributed by atoms with Gasteiger partial charge in [0.05, 0.1) is 30.3 Å². The lowest BCUT2D eigenvalue weighted by molar-refractivity contribution is 0.0393. The van der Waals surface area contributed by atoms with Crippen molar-refractivity contribution in [3.8, 4) is 17.1 Å². The topological polar surface area (TPSA) is 82.4 Å². The van der Waals surface area contributed by atoms with Crippen molar-refractivity contribution >= 4 is 28.3 Å². The molecule has 35 heavy (non-hydrogen) atoms. The summed E-state index contributed by atoms with van der Waals surface area (Å²) in [5, 5.41) is 0.518. The van der Waals surface area contributed by atoms with E-state index < -0.39 is 5.82 Å². The second-order valence-corrected chi connectivity index (χ2v) is 8.74. The molecule has 1 fully saturated rings. The maximum atomic E-state index is 15.0. The monoisotopic (exact) mass is 495 g/mol.